The molecule has 2 atom stereocenters. The molecule has 2 amide bonds. The molecular formula is C24H15FN2O4. The van der Waals surface area contributed by atoms with Crippen LogP contribution in [0.15, 0.2) is 72.8 Å². The Morgan fingerprint density at radius 3 is 1.94 bits per heavy atom. The smallest absolute Gasteiger partial charge is 0.274 e. The lowest BCUT2D eigenvalue weighted by atomic mass is 9.51. The molecule has 3 aromatic carbocycles. The molecule has 2 bridgehead atoms. The summed E-state index contributed by atoms with van der Waals surface area (Å²) >= 11 is 0. The molecule has 0 unspecified atom stereocenters. The molecule has 4 aliphatic rings. The molecule has 0 saturated carbocycles. The van der Waals surface area contributed by atoms with Gasteiger partial charge in [-0.3, -0.25) is 19.7 Å². The van der Waals surface area contributed by atoms with E-state index in [4.69, 9.17) is 0 Å². The van der Waals surface area contributed by atoms with Gasteiger partial charge in [-0.2, -0.15) is 0 Å². The first-order valence-electron chi connectivity index (χ1n) is 9.94. The zero-order valence-electron chi connectivity index (χ0n) is 16.1. The fraction of sp³-hybridized carbons (Fsp3) is 0.167. The van der Waals surface area contributed by atoms with Crippen molar-refractivity contribution in [2.75, 3.05) is 4.90 Å². The predicted molar refractivity (Wildman–Crippen MR) is 108 cm³/mol. The fourth-order valence-electron chi connectivity index (χ4n) is 5.89. The summed E-state index contributed by atoms with van der Waals surface area (Å²) in [6.45, 7) is 0. The van der Waals surface area contributed by atoms with Gasteiger partial charge in [-0.05, 0) is 35.4 Å². The first-order valence-corrected chi connectivity index (χ1v) is 9.94. The molecule has 0 radical (unpaired) electrons. The summed E-state index contributed by atoms with van der Waals surface area (Å²) in [6.07, 6.45) is 0. The van der Waals surface area contributed by atoms with Gasteiger partial charge in [0, 0.05) is 22.0 Å². The van der Waals surface area contributed by atoms with Gasteiger partial charge in [0.05, 0.1) is 11.6 Å². The molecule has 3 aliphatic carbocycles. The molecule has 152 valence electrons. The zero-order valence-corrected chi connectivity index (χ0v) is 16.1. The van der Waals surface area contributed by atoms with Gasteiger partial charge in [-0.1, -0.05) is 48.5 Å². The predicted octanol–water partition coefficient (Wildman–Crippen LogP) is 3.61. The number of hydrogen-bond acceptors (Lipinski definition) is 4. The van der Waals surface area contributed by atoms with Crippen LogP contribution in [0.2, 0.25) is 0 Å². The molecule has 1 saturated heterocycles. The van der Waals surface area contributed by atoms with Crippen molar-refractivity contribution < 1.29 is 18.9 Å². The second-order valence-corrected chi connectivity index (χ2v) is 8.17. The van der Waals surface area contributed by atoms with E-state index in [-0.39, 0.29) is 5.69 Å². The summed E-state index contributed by atoms with van der Waals surface area (Å²) in [5, 5.41) is 12.8. The molecule has 0 aromatic heterocycles. The molecule has 0 N–H and O–H groups in total. The van der Waals surface area contributed by atoms with Gasteiger partial charge in [-0.15, -0.1) is 0 Å². The molecule has 1 fully saturated rings. The van der Waals surface area contributed by atoms with Crippen LogP contribution in [0.1, 0.15) is 28.2 Å². The van der Waals surface area contributed by atoms with Gasteiger partial charge < -0.3 is 0 Å². The molecule has 7 heteroatoms. The highest BCUT2D eigenvalue weighted by atomic mass is 19.1. The van der Waals surface area contributed by atoms with Crippen molar-refractivity contribution in [3.63, 3.8) is 0 Å². The number of benzene rings is 3. The van der Waals surface area contributed by atoms with Gasteiger partial charge in [0.25, 0.3) is 5.54 Å². The van der Waals surface area contributed by atoms with Crippen molar-refractivity contribution in [2.45, 2.75) is 11.5 Å². The van der Waals surface area contributed by atoms with E-state index >= 15 is 0 Å². The Morgan fingerprint density at radius 1 is 0.839 bits per heavy atom. The summed E-state index contributed by atoms with van der Waals surface area (Å²) < 4.78 is 13.4. The minimum Gasteiger partial charge on any atom is -0.274 e. The first-order chi connectivity index (χ1) is 15.0. The van der Waals surface area contributed by atoms with E-state index in [1.165, 1.54) is 24.3 Å². The van der Waals surface area contributed by atoms with E-state index in [9.17, 15) is 24.1 Å². The summed E-state index contributed by atoms with van der Waals surface area (Å²) in [5.41, 5.74) is 0.715. The fourth-order valence-corrected chi connectivity index (χ4v) is 5.89. The van der Waals surface area contributed by atoms with Crippen LogP contribution in [0.5, 0.6) is 0 Å². The van der Waals surface area contributed by atoms with Gasteiger partial charge in [0.2, 0.25) is 11.8 Å². The third kappa shape index (κ3) is 1.96. The first kappa shape index (κ1) is 17.9. The van der Waals surface area contributed by atoms with E-state index in [0.29, 0.717) is 22.3 Å². The highest BCUT2D eigenvalue weighted by molar-refractivity contribution is 6.23. The lowest BCUT2D eigenvalue weighted by molar-refractivity contribution is -0.578. The van der Waals surface area contributed by atoms with Crippen molar-refractivity contribution in [3.8, 4) is 0 Å². The maximum atomic E-state index is 13.7. The lowest BCUT2D eigenvalue weighted by Gasteiger charge is -2.48. The Labute approximate surface area is 176 Å². The number of amides is 2. The maximum Gasteiger partial charge on any atom is 0.285 e. The van der Waals surface area contributed by atoms with Crippen LogP contribution in [0, 0.1) is 27.8 Å². The maximum absolute atomic E-state index is 13.7. The van der Waals surface area contributed by atoms with Crippen LogP contribution in [-0.2, 0) is 15.1 Å². The average molecular weight is 414 g/mol. The van der Waals surface area contributed by atoms with E-state index < -0.39 is 45.8 Å². The van der Waals surface area contributed by atoms with Crippen LogP contribution in [0.3, 0.4) is 0 Å². The normalized spacial score (nSPS) is 27.6. The summed E-state index contributed by atoms with van der Waals surface area (Å²) in [7, 11) is 0. The molecule has 7 rings (SSSR count). The highest BCUT2D eigenvalue weighted by Crippen LogP contribution is 2.64. The number of nitrogens with zero attached hydrogens (tertiary/aromatic N) is 2. The highest BCUT2D eigenvalue weighted by Gasteiger charge is 2.74. The molecule has 0 spiro atoms. The number of imide groups is 1. The summed E-state index contributed by atoms with van der Waals surface area (Å²) in [5.74, 6) is -4.13. The third-order valence-electron chi connectivity index (χ3n) is 6.95. The Bertz CT molecular complexity index is 1260. The number of carbonyl (C=O) groups excluding carboxylic acids is 2. The van der Waals surface area contributed by atoms with Crippen LogP contribution < -0.4 is 4.90 Å². The largest absolute Gasteiger partial charge is 0.285 e. The quantitative estimate of drug-likeness (QED) is 0.365. The van der Waals surface area contributed by atoms with E-state index in [0.717, 1.165) is 4.90 Å². The van der Waals surface area contributed by atoms with Gasteiger partial charge >= 0.3 is 0 Å². The number of halogens is 1. The standard InChI is InChI=1S/C24H15FN2O4/c25-13-9-11-14(12-10-13)26-22(28)20-19-15-5-1-3-7-17(15)24(27(30)31,21(20)23(26)29)18-8-4-2-6-16(18)19/h1-12,19-21H/t19?,20-,21+,24?/m1/s1. The van der Waals surface area contributed by atoms with Crippen LogP contribution in [-0.4, -0.2) is 16.7 Å². The average Bonchev–Trinajstić information content (AvgIpc) is 3.05. The Hall–Kier alpha value is -3.87. The Kier molecular flexibility index (Phi) is 3.38. The van der Waals surface area contributed by atoms with Crippen molar-refractivity contribution in [1.82, 2.24) is 0 Å². The van der Waals surface area contributed by atoms with Crippen molar-refractivity contribution >= 4 is 17.5 Å². The summed E-state index contributed by atoms with van der Waals surface area (Å²) in [4.78, 5) is 40.7. The molecule has 3 aromatic rings. The lowest BCUT2D eigenvalue weighted by Crippen LogP contribution is -2.57. The minimum atomic E-state index is -1.85. The molecule has 1 aliphatic heterocycles. The summed E-state index contributed by atoms with van der Waals surface area (Å²) in [6, 6.07) is 19.1. The van der Waals surface area contributed by atoms with Crippen LogP contribution >= 0.6 is 0 Å². The number of rotatable bonds is 2. The van der Waals surface area contributed by atoms with Crippen molar-refractivity contribution in [3.05, 3.63) is 111 Å². The van der Waals surface area contributed by atoms with Crippen LogP contribution in [0.25, 0.3) is 0 Å². The van der Waals surface area contributed by atoms with Gasteiger partial charge in [0.15, 0.2) is 0 Å². The number of hydrogen-bond donors (Lipinski definition) is 0. The monoisotopic (exact) mass is 414 g/mol. The molecule has 1 heterocycles. The Balaban J connectivity index is 1.67. The van der Waals surface area contributed by atoms with Crippen molar-refractivity contribution in [1.29, 1.82) is 0 Å². The SMILES string of the molecule is O=C1[C@@H]2C3c4ccccc4C([N+](=O)[O-])(c4ccccc43)[C@@H]2C(=O)N1c1ccc(F)cc1. The zero-order chi connectivity index (χ0) is 21.5. The Morgan fingerprint density at radius 2 is 1.39 bits per heavy atom. The van der Waals surface area contributed by atoms with E-state index in [1.54, 1.807) is 36.4 Å². The number of carbonyl (C=O) groups is 2. The number of nitro groups is 1. The minimum absolute atomic E-state index is 0.219. The second kappa shape index (κ2) is 5.85. The molecule has 6 nitrogen and oxygen atoms in total. The topological polar surface area (TPSA) is 80.5 Å². The third-order valence-corrected chi connectivity index (χ3v) is 6.95. The van der Waals surface area contributed by atoms with E-state index in [2.05, 4.69) is 0 Å². The molecular weight excluding hydrogens is 399 g/mol. The van der Waals surface area contributed by atoms with Gasteiger partial charge in [-0.25, -0.2) is 9.29 Å². The second-order valence-electron chi connectivity index (χ2n) is 8.17. The molecule has 31 heavy (non-hydrogen) atoms. The van der Waals surface area contributed by atoms with Crippen LogP contribution in [0.4, 0.5) is 10.1 Å². The van der Waals surface area contributed by atoms with E-state index in [1.807, 2.05) is 12.1 Å². The van der Waals surface area contributed by atoms with Gasteiger partial charge in [0.1, 0.15) is 11.7 Å². The number of anilines is 1. The van der Waals surface area contributed by atoms with Crippen molar-refractivity contribution in [2.24, 2.45) is 11.8 Å².